The van der Waals surface area contributed by atoms with Gasteiger partial charge >= 0.3 is 12.0 Å². The van der Waals surface area contributed by atoms with Crippen LogP contribution in [0.15, 0.2) is 4.42 Å². The van der Waals surface area contributed by atoms with E-state index in [4.69, 9.17) is 9.52 Å². The summed E-state index contributed by atoms with van der Waals surface area (Å²) >= 11 is 0. The quantitative estimate of drug-likeness (QED) is 0.870. The number of oxazole rings is 1. The molecule has 0 saturated carbocycles. The molecule has 2 rings (SSSR count). The lowest BCUT2D eigenvalue weighted by molar-refractivity contribution is -0.143. The number of rotatable bonds is 3. The summed E-state index contributed by atoms with van der Waals surface area (Å²) in [6, 6.07) is -0.206. The smallest absolute Gasteiger partial charge is 0.317 e. The van der Waals surface area contributed by atoms with Gasteiger partial charge in [-0.05, 0) is 26.7 Å². The topological polar surface area (TPSA) is 95.7 Å². The van der Waals surface area contributed by atoms with E-state index in [-0.39, 0.29) is 18.5 Å². The van der Waals surface area contributed by atoms with E-state index in [0.717, 1.165) is 11.5 Å². The van der Waals surface area contributed by atoms with Crippen molar-refractivity contribution in [1.29, 1.82) is 0 Å². The number of aryl methyl sites for hydroxylation is 2. The second-order valence-corrected chi connectivity index (χ2v) is 5.01. The van der Waals surface area contributed by atoms with E-state index < -0.39 is 5.97 Å². The van der Waals surface area contributed by atoms with E-state index >= 15 is 0 Å². The lowest BCUT2D eigenvalue weighted by atomic mass is 9.97. The van der Waals surface area contributed by atoms with Gasteiger partial charge in [0.25, 0.3) is 0 Å². The van der Waals surface area contributed by atoms with Crippen LogP contribution in [0.25, 0.3) is 0 Å². The number of carboxylic acid groups (broad SMARTS) is 1. The minimum absolute atomic E-state index is 0.206. The van der Waals surface area contributed by atoms with Gasteiger partial charge in [0.1, 0.15) is 5.76 Å². The first-order valence-electron chi connectivity index (χ1n) is 6.66. The summed E-state index contributed by atoms with van der Waals surface area (Å²) < 4.78 is 5.38. The Morgan fingerprint density at radius 2 is 2.05 bits per heavy atom. The van der Waals surface area contributed by atoms with E-state index in [0.29, 0.717) is 31.8 Å². The van der Waals surface area contributed by atoms with Crippen molar-refractivity contribution in [2.24, 2.45) is 5.92 Å². The summed E-state index contributed by atoms with van der Waals surface area (Å²) in [5.41, 5.74) is 0.816. The summed E-state index contributed by atoms with van der Waals surface area (Å²) in [6.07, 6.45) is 1.000. The Hall–Kier alpha value is -2.05. The van der Waals surface area contributed by atoms with Gasteiger partial charge in [-0.2, -0.15) is 0 Å². The van der Waals surface area contributed by atoms with Crippen LogP contribution >= 0.6 is 0 Å². The predicted octanol–water partition coefficient (Wildman–Crippen LogP) is 1.30. The minimum atomic E-state index is -0.782. The van der Waals surface area contributed by atoms with Gasteiger partial charge in [-0.1, -0.05) is 0 Å². The first-order valence-corrected chi connectivity index (χ1v) is 6.66. The molecule has 1 aromatic rings. The molecule has 0 atom stereocenters. The molecule has 1 aromatic heterocycles. The van der Waals surface area contributed by atoms with E-state index in [9.17, 15) is 9.59 Å². The summed E-state index contributed by atoms with van der Waals surface area (Å²) in [7, 11) is 0. The highest BCUT2D eigenvalue weighted by atomic mass is 16.4. The van der Waals surface area contributed by atoms with Gasteiger partial charge in [0, 0.05) is 13.1 Å². The van der Waals surface area contributed by atoms with Gasteiger partial charge in [-0.3, -0.25) is 4.79 Å². The number of nitrogens with one attached hydrogen (secondary N) is 1. The predicted molar refractivity (Wildman–Crippen MR) is 70.1 cm³/mol. The van der Waals surface area contributed by atoms with Gasteiger partial charge in [-0.25, -0.2) is 9.78 Å². The van der Waals surface area contributed by atoms with Crippen LogP contribution < -0.4 is 5.32 Å². The van der Waals surface area contributed by atoms with E-state index in [1.165, 1.54) is 0 Å². The van der Waals surface area contributed by atoms with Crippen LogP contribution in [0.4, 0.5) is 4.79 Å². The van der Waals surface area contributed by atoms with E-state index in [2.05, 4.69) is 10.3 Å². The lowest BCUT2D eigenvalue weighted by Crippen LogP contribution is -2.45. The Kier molecular flexibility index (Phi) is 4.26. The number of likely N-dealkylation sites (tertiary alicyclic amines) is 1. The van der Waals surface area contributed by atoms with Crippen LogP contribution in [0.2, 0.25) is 0 Å². The number of urea groups is 1. The fourth-order valence-corrected chi connectivity index (χ4v) is 2.21. The first kappa shape index (κ1) is 14.4. The molecule has 0 unspecified atom stereocenters. The maximum absolute atomic E-state index is 11.9. The number of carbonyl (C=O) groups excluding carboxylic acids is 1. The van der Waals surface area contributed by atoms with Gasteiger partial charge in [0.15, 0.2) is 0 Å². The van der Waals surface area contributed by atoms with E-state index in [1.54, 1.807) is 4.90 Å². The minimum Gasteiger partial charge on any atom is -0.481 e. The van der Waals surface area contributed by atoms with Crippen LogP contribution in [0, 0.1) is 19.8 Å². The number of piperidine rings is 1. The van der Waals surface area contributed by atoms with Crippen LogP contribution in [0.3, 0.4) is 0 Å². The molecule has 0 aromatic carbocycles. The lowest BCUT2D eigenvalue weighted by Gasteiger charge is -2.29. The normalized spacial score (nSPS) is 16.2. The summed E-state index contributed by atoms with van der Waals surface area (Å²) in [4.78, 5) is 28.6. The zero-order valence-electron chi connectivity index (χ0n) is 11.7. The third-order valence-corrected chi connectivity index (χ3v) is 3.60. The average molecular weight is 281 g/mol. The highest BCUT2D eigenvalue weighted by molar-refractivity contribution is 5.75. The first-order chi connectivity index (χ1) is 9.47. The van der Waals surface area contributed by atoms with Crippen molar-refractivity contribution in [2.75, 3.05) is 13.1 Å². The highest BCUT2D eigenvalue weighted by Gasteiger charge is 2.26. The Balaban J connectivity index is 1.80. The molecule has 20 heavy (non-hydrogen) atoms. The number of carboxylic acids is 1. The molecular weight excluding hydrogens is 262 g/mol. The molecule has 110 valence electrons. The van der Waals surface area contributed by atoms with Gasteiger partial charge < -0.3 is 19.7 Å². The average Bonchev–Trinajstić information content (AvgIpc) is 2.75. The Morgan fingerprint density at radius 3 is 2.55 bits per heavy atom. The van der Waals surface area contributed by atoms with Crippen molar-refractivity contribution in [1.82, 2.24) is 15.2 Å². The van der Waals surface area contributed by atoms with Crippen molar-refractivity contribution in [3.05, 3.63) is 17.3 Å². The Bertz CT molecular complexity index is 484. The molecule has 1 aliphatic heterocycles. The maximum Gasteiger partial charge on any atom is 0.317 e. The molecule has 1 fully saturated rings. The molecule has 2 heterocycles. The number of carbonyl (C=O) groups is 2. The number of hydrogen-bond donors (Lipinski definition) is 2. The Labute approximate surface area is 117 Å². The fraction of sp³-hybridized carbons (Fsp3) is 0.615. The summed E-state index contributed by atoms with van der Waals surface area (Å²) in [6.45, 7) is 4.84. The van der Waals surface area contributed by atoms with Crippen LogP contribution in [-0.4, -0.2) is 40.1 Å². The molecule has 1 saturated heterocycles. The zero-order chi connectivity index (χ0) is 14.7. The SMILES string of the molecule is Cc1nc(CNC(=O)N2CCC(C(=O)O)CC2)oc1C. The van der Waals surface area contributed by atoms with Crippen LogP contribution in [0.1, 0.15) is 30.2 Å². The number of aliphatic carboxylic acids is 1. The number of hydrogen-bond acceptors (Lipinski definition) is 4. The monoisotopic (exact) mass is 281 g/mol. The second-order valence-electron chi connectivity index (χ2n) is 5.01. The molecule has 7 nitrogen and oxygen atoms in total. The zero-order valence-corrected chi connectivity index (χ0v) is 11.7. The second kappa shape index (κ2) is 5.94. The van der Waals surface area contributed by atoms with Gasteiger partial charge in [0.05, 0.1) is 18.2 Å². The number of aromatic nitrogens is 1. The van der Waals surface area contributed by atoms with Gasteiger partial charge in [0.2, 0.25) is 5.89 Å². The van der Waals surface area contributed by atoms with Crippen molar-refractivity contribution >= 4 is 12.0 Å². The summed E-state index contributed by atoms with van der Waals surface area (Å²) in [5.74, 6) is 0.108. The number of nitrogens with zero attached hydrogens (tertiary/aromatic N) is 2. The summed E-state index contributed by atoms with van der Waals surface area (Å²) in [5, 5.41) is 11.6. The van der Waals surface area contributed by atoms with Crippen molar-refractivity contribution in [3.63, 3.8) is 0 Å². The number of amides is 2. The largest absolute Gasteiger partial charge is 0.481 e. The molecule has 2 amide bonds. The molecule has 1 aliphatic rings. The molecule has 0 spiro atoms. The van der Waals surface area contributed by atoms with E-state index in [1.807, 2.05) is 13.8 Å². The van der Waals surface area contributed by atoms with Crippen LogP contribution in [-0.2, 0) is 11.3 Å². The molecule has 0 bridgehead atoms. The molecule has 7 heteroatoms. The van der Waals surface area contributed by atoms with Crippen molar-refractivity contribution < 1.29 is 19.1 Å². The van der Waals surface area contributed by atoms with Crippen molar-refractivity contribution in [3.8, 4) is 0 Å². The molecule has 0 radical (unpaired) electrons. The van der Waals surface area contributed by atoms with Gasteiger partial charge in [-0.15, -0.1) is 0 Å². The third kappa shape index (κ3) is 3.28. The molecule has 0 aliphatic carbocycles. The maximum atomic E-state index is 11.9. The van der Waals surface area contributed by atoms with Crippen molar-refractivity contribution in [2.45, 2.75) is 33.2 Å². The Morgan fingerprint density at radius 1 is 1.40 bits per heavy atom. The fourth-order valence-electron chi connectivity index (χ4n) is 2.21. The highest BCUT2D eigenvalue weighted by Crippen LogP contribution is 2.17. The standard InChI is InChI=1S/C13H19N3O4/c1-8-9(2)20-11(15-8)7-14-13(19)16-5-3-10(4-6-16)12(17)18/h10H,3-7H2,1-2H3,(H,14,19)(H,17,18). The molecule has 2 N–H and O–H groups in total. The third-order valence-electron chi connectivity index (χ3n) is 3.60. The van der Waals surface area contributed by atoms with Crippen LogP contribution in [0.5, 0.6) is 0 Å². The molecular formula is C13H19N3O4.